The second-order valence-electron chi connectivity index (χ2n) is 5.70. The van der Waals surface area contributed by atoms with Gasteiger partial charge >= 0.3 is 0 Å². The van der Waals surface area contributed by atoms with E-state index < -0.39 is 0 Å². The number of halogens is 1. The molecule has 110 valence electrons. The van der Waals surface area contributed by atoms with Crippen LogP contribution in [0.3, 0.4) is 0 Å². The Bertz CT molecular complexity index is 634. The summed E-state index contributed by atoms with van der Waals surface area (Å²) in [7, 11) is 0. The van der Waals surface area contributed by atoms with Crippen molar-refractivity contribution in [3.8, 4) is 0 Å². The molecule has 1 saturated carbocycles. The third-order valence-corrected chi connectivity index (χ3v) is 5.67. The molecule has 0 atom stereocenters. The van der Waals surface area contributed by atoms with E-state index in [0.29, 0.717) is 5.82 Å². The van der Waals surface area contributed by atoms with Crippen LogP contribution in [0.5, 0.6) is 0 Å². The molecule has 0 saturated heterocycles. The van der Waals surface area contributed by atoms with Crippen LogP contribution in [0, 0.1) is 3.57 Å². The van der Waals surface area contributed by atoms with Crippen molar-refractivity contribution in [2.45, 2.75) is 44.4 Å². The Morgan fingerprint density at radius 1 is 1.14 bits per heavy atom. The zero-order valence-electron chi connectivity index (χ0n) is 12.3. The highest BCUT2D eigenvalue weighted by atomic mass is 127. The van der Waals surface area contributed by atoms with Gasteiger partial charge in [0.15, 0.2) is 0 Å². The number of rotatable bonds is 3. The number of hydrogen-bond acceptors (Lipinski definition) is 3. The smallest absolute Gasteiger partial charge is 0.141 e. The van der Waals surface area contributed by atoms with Gasteiger partial charge < -0.3 is 5.73 Å². The van der Waals surface area contributed by atoms with Crippen LogP contribution in [0.4, 0.5) is 5.82 Å². The molecule has 0 amide bonds. The number of nitrogen functional groups attached to an aromatic ring is 1. The molecule has 2 aromatic rings. The molecule has 3 rings (SSSR count). The predicted octanol–water partition coefficient (Wildman–Crippen LogP) is 4.09. The quantitative estimate of drug-likeness (QED) is 0.800. The highest BCUT2D eigenvalue weighted by Crippen LogP contribution is 2.45. The topological polar surface area (TPSA) is 51.8 Å². The molecule has 0 aliphatic heterocycles. The molecule has 0 spiro atoms. The molecular weight excluding hydrogens is 373 g/mol. The predicted molar refractivity (Wildman–Crippen MR) is 94.2 cm³/mol. The Morgan fingerprint density at radius 3 is 2.43 bits per heavy atom. The minimum absolute atomic E-state index is 0.0519. The third-order valence-electron chi connectivity index (χ3n) is 4.49. The molecule has 2 N–H and O–H groups in total. The highest BCUT2D eigenvalue weighted by molar-refractivity contribution is 14.1. The highest BCUT2D eigenvalue weighted by Gasteiger charge is 2.40. The summed E-state index contributed by atoms with van der Waals surface area (Å²) in [5.74, 6) is 1.54. The van der Waals surface area contributed by atoms with Crippen LogP contribution in [-0.2, 0) is 11.8 Å². The van der Waals surface area contributed by atoms with Gasteiger partial charge in [-0.2, -0.15) is 0 Å². The van der Waals surface area contributed by atoms with E-state index in [-0.39, 0.29) is 5.41 Å². The summed E-state index contributed by atoms with van der Waals surface area (Å²) in [5.41, 5.74) is 8.49. The van der Waals surface area contributed by atoms with Gasteiger partial charge in [-0.25, -0.2) is 9.97 Å². The van der Waals surface area contributed by atoms with Crippen molar-refractivity contribution >= 4 is 28.4 Å². The van der Waals surface area contributed by atoms with E-state index in [1.807, 2.05) is 0 Å². The average Bonchev–Trinajstić information content (AvgIpc) is 3.01. The molecule has 0 unspecified atom stereocenters. The van der Waals surface area contributed by atoms with Crippen LogP contribution in [0.2, 0.25) is 0 Å². The van der Waals surface area contributed by atoms with Crippen LogP contribution < -0.4 is 5.73 Å². The fourth-order valence-corrected chi connectivity index (χ4v) is 3.96. The van der Waals surface area contributed by atoms with E-state index in [1.54, 1.807) is 0 Å². The summed E-state index contributed by atoms with van der Waals surface area (Å²) in [4.78, 5) is 9.55. The van der Waals surface area contributed by atoms with Gasteiger partial charge in [-0.15, -0.1) is 0 Å². The van der Waals surface area contributed by atoms with Crippen LogP contribution in [0.1, 0.15) is 49.7 Å². The monoisotopic (exact) mass is 393 g/mol. The molecular formula is C17H20IN3. The summed E-state index contributed by atoms with van der Waals surface area (Å²) >= 11 is 2.25. The third kappa shape index (κ3) is 2.54. The molecule has 1 aromatic carbocycles. The van der Waals surface area contributed by atoms with Crippen LogP contribution in [0.15, 0.2) is 30.3 Å². The number of benzene rings is 1. The first-order valence-corrected chi connectivity index (χ1v) is 8.63. The summed E-state index contributed by atoms with van der Waals surface area (Å²) in [6.07, 6.45) is 5.57. The van der Waals surface area contributed by atoms with Crippen molar-refractivity contribution in [3.63, 3.8) is 0 Å². The Kier molecular flexibility index (Phi) is 4.15. The zero-order valence-corrected chi connectivity index (χ0v) is 14.4. The molecule has 1 aliphatic carbocycles. The van der Waals surface area contributed by atoms with Crippen molar-refractivity contribution in [1.82, 2.24) is 9.97 Å². The fourth-order valence-electron chi connectivity index (χ4n) is 3.34. The molecule has 1 heterocycles. The maximum atomic E-state index is 6.14. The van der Waals surface area contributed by atoms with Crippen LogP contribution >= 0.6 is 22.6 Å². The number of anilines is 1. The largest absolute Gasteiger partial charge is 0.383 e. The minimum Gasteiger partial charge on any atom is -0.383 e. The molecule has 1 fully saturated rings. The van der Waals surface area contributed by atoms with Crippen LogP contribution in [-0.4, -0.2) is 9.97 Å². The van der Waals surface area contributed by atoms with Gasteiger partial charge in [0.05, 0.1) is 14.7 Å². The molecule has 21 heavy (non-hydrogen) atoms. The van der Waals surface area contributed by atoms with E-state index in [2.05, 4.69) is 64.8 Å². The molecule has 1 aromatic heterocycles. The first kappa shape index (κ1) is 14.8. The summed E-state index contributed by atoms with van der Waals surface area (Å²) < 4.78 is 1.00. The van der Waals surface area contributed by atoms with Crippen molar-refractivity contribution in [2.24, 2.45) is 0 Å². The van der Waals surface area contributed by atoms with Gasteiger partial charge in [-0.3, -0.25) is 0 Å². The lowest BCUT2D eigenvalue weighted by Crippen LogP contribution is -2.28. The normalized spacial score (nSPS) is 17.0. The van der Waals surface area contributed by atoms with Crippen molar-refractivity contribution in [2.75, 3.05) is 5.73 Å². The number of nitrogens with zero attached hydrogens (tertiary/aromatic N) is 2. The second-order valence-corrected chi connectivity index (χ2v) is 6.78. The summed E-state index contributed by atoms with van der Waals surface area (Å²) in [5, 5.41) is 0. The Morgan fingerprint density at radius 2 is 1.81 bits per heavy atom. The molecule has 3 nitrogen and oxygen atoms in total. The zero-order chi connectivity index (χ0) is 14.9. The average molecular weight is 393 g/mol. The van der Waals surface area contributed by atoms with E-state index in [9.17, 15) is 0 Å². The number of hydrogen-bond donors (Lipinski definition) is 1. The van der Waals surface area contributed by atoms with Gasteiger partial charge in [-0.1, -0.05) is 50.1 Å². The number of aromatic nitrogens is 2. The summed E-state index contributed by atoms with van der Waals surface area (Å²) in [6, 6.07) is 10.7. The maximum absolute atomic E-state index is 6.14. The first-order chi connectivity index (χ1) is 10.2. The fraction of sp³-hybridized carbons (Fsp3) is 0.412. The van der Waals surface area contributed by atoms with Crippen molar-refractivity contribution < 1.29 is 0 Å². The second kappa shape index (κ2) is 5.91. The lowest BCUT2D eigenvalue weighted by Gasteiger charge is -2.29. The first-order valence-electron chi connectivity index (χ1n) is 7.55. The van der Waals surface area contributed by atoms with Gasteiger partial charge in [0.2, 0.25) is 0 Å². The van der Waals surface area contributed by atoms with Gasteiger partial charge in [0.25, 0.3) is 0 Å². The maximum Gasteiger partial charge on any atom is 0.141 e. The lowest BCUT2D eigenvalue weighted by atomic mass is 9.78. The van der Waals surface area contributed by atoms with E-state index >= 15 is 0 Å². The van der Waals surface area contributed by atoms with Gasteiger partial charge in [-0.05, 0) is 47.4 Å². The Labute approximate surface area is 139 Å². The standard InChI is InChI=1S/C17H20IN3/c1-2-13-14(18)15(19)21-16(20-13)17(10-6-7-11-17)12-8-4-3-5-9-12/h3-5,8-9H,2,6-7,10-11H2,1H3,(H2,19,20,21). The Hall–Kier alpha value is -1.17. The Balaban J connectivity index is 2.17. The number of aryl methyl sites for hydroxylation is 1. The number of nitrogens with two attached hydrogens (primary N) is 1. The molecule has 1 aliphatic rings. The van der Waals surface area contributed by atoms with Gasteiger partial charge in [0, 0.05) is 0 Å². The SMILES string of the molecule is CCc1nc(C2(c3ccccc3)CCCC2)nc(N)c1I. The summed E-state index contributed by atoms with van der Waals surface area (Å²) in [6.45, 7) is 2.12. The lowest BCUT2D eigenvalue weighted by molar-refractivity contribution is 0.497. The van der Waals surface area contributed by atoms with E-state index in [4.69, 9.17) is 10.7 Å². The minimum atomic E-state index is -0.0519. The molecule has 0 radical (unpaired) electrons. The molecule has 4 heteroatoms. The van der Waals surface area contributed by atoms with Crippen molar-refractivity contribution in [3.05, 3.63) is 51.0 Å². The van der Waals surface area contributed by atoms with E-state index in [0.717, 1.165) is 34.4 Å². The van der Waals surface area contributed by atoms with Crippen LogP contribution in [0.25, 0.3) is 0 Å². The molecule has 0 bridgehead atoms. The van der Waals surface area contributed by atoms with E-state index in [1.165, 1.54) is 18.4 Å². The van der Waals surface area contributed by atoms with Gasteiger partial charge in [0.1, 0.15) is 11.6 Å². The van der Waals surface area contributed by atoms with Crippen molar-refractivity contribution in [1.29, 1.82) is 0 Å².